The summed E-state index contributed by atoms with van der Waals surface area (Å²) in [4.78, 5) is 14.2. The lowest BCUT2D eigenvalue weighted by molar-refractivity contribution is -0.151. The summed E-state index contributed by atoms with van der Waals surface area (Å²) in [7, 11) is 0. The molecule has 4 nitrogen and oxygen atoms in total. The molecule has 34 heavy (non-hydrogen) atoms. The number of carboxylic acid groups (broad SMARTS) is 1. The Bertz CT molecular complexity index is 1000. The van der Waals surface area contributed by atoms with Crippen molar-refractivity contribution in [2.45, 2.75) is 78.4 Å². The second-order valence-corrected chi connectivity index (χ2v) is 12.3. The van der Waals surface area contributed by atoms with Crippen LogP contribution < -0.4 is 4.74 Å². The molecule has 1 saturated heterocycles. The van der Waals surface area contributed by atoms with Crippen molar-refractivity contribution in [1.29, 1.82) is 0 Å². The SMILES string of the molecule is CC(C)(C)[C@H]1CC[C@H](Oc2ccc3cc(CN4CC5CCCC(C4)C5C(=O)O)ccc3c2)CC1. The van der Waals surface area contributed by atoms with E-state index in [-0.39, 0.29) is 5.92 Å². The summed E-state index contributed by atoms with van der Waals surface area (Å²) >= 11 is 0. The second-order valence-electron chi connectivity index (χ2n) is 12.3. The minimum absolute atomic E-state index is 0.136. The van der Waals surface area contributed by atoms with Crippen LogP contribution in [0.3, 0.4) is 0 Å². The molecule has 1 aliphatic heterocycles. The molecule has 1 N–H and O–H groups in total. The van der Waals surface area contributed by atoms with Crippen molar-refractivity contribution >= 4 is 16.7 Å². The van der Waals surface area contributed by atoms with Crippen LogP contribution in [0.25, 0.3) is 10.8 Å². The largest absolute Gasteiger partial charge is 0.490 e. The highest BCUT2D eigenvalue weighted by Crippen LogP contribution is 2.41. The van der Waals surface area contributed by atoms with Crippen LogP contribution >= 0.6 is 0 Å². The van der Waals surface area contributed by atoms with Gasteiger partial charge in [-0.2, -0.15) is 0 Å². The first kappa shape index (κ1) is 23.7. The van der Waals surface area contributed by atoms with Crippen molar-refractivity contribution in [1.82, 2.24) is 4.90 Å². The first-order valence-electron chi connectivity index (χ1n) is 13.4. The second kappa shape index (κ2) is 9.53. The minimum Gasteiger partial charge on any atom is -0.490 e. The van der Waals surface area contributed by atoms with Gasteiger partial charge in [-0.3, -0.25) is 9.69 Å². The number of rotatable bonds is 5. The zero-order chi connectivity index (χ0) is 23.9. The van der Waals surface area contributed by atoms with Crippen LogP contribution in [0.1, 0.15) is 71.3 Å². The first-order valence-corrected chi connectivity index (χ1v) is 13.4. The van der Waals surface area contributed by atoms with Crippen LogP contribution in [-0.4, -0.2) is 35.2 Å². The predicted octanol–water partition coefficient (Wildman–Crippen LogP) is 6.76. The van der Waals surface area contributed by atoms with Gasteiger partial charge in [-0.05, 0) is 96.2 Å². The number of piperidine rings is 1. The average Bonchev–Trinajstić information content (AvgIpc) is 2.78. The highest BCUT2D eigenvalue weighted by Gasteiger charge is 2.43. The molecule has 0 amide bonds. The summed E-state index contributed by atoms with van der Waals surface area (Å²) < 4.78 is 6.39. The molecular weight excluding hydrogens is 422 g/mol. The zero-order valence-electron chi connectivity index (χ0n) is 21.1. The van der Waals surface area contributed by atoms with Crippen LogP contribution in [0.5, 0.6) is 5.75 Å². The molecule has 3 aliphatic rings. The van der Waals surface area contributed by atoms with E-state index in [0.29, 0.717) is 23.4 Å². The van der Waals surface area contributed by atoms with Crippen molar-refractivity contribution < 1.29 is 14.6 Å². The number of carbonyl (C=O) groups is 1. The van der Waals surface area contributed by atoms with Crippen molar-refractivity contribution in [2.24, 2.45) is 29.1 Å². The van der Waals surface area contributed by atoms with E-state index in [1.165, 1.54) is 35.6 Å². The average molecular weight is 464 g/mol. The molecule has 4 heteroatoms. The van der Waals surface area contributed by atoms with E-state index >= 15 is 0 Å². The van der Waals surface area contributed by atoms with Crippen LogP contribution in [0, 0.1) is 29.1 Å². The lowest BCUT2D eigenvalue weighted by atomic mass is 9.69. The molecule has 2 aromatic carbocycles. The normalized spacial score (nSPS) is 30.3. The molecule has 1 heterocycles. The van der Waals surface area contributed by atoms with E-state index in [9.17, 15) is 9.90 Å². The monoisotopic (exact) mass is 463 g/mol. The summed E-state index contributed by atoms with van der Waals surface area (Å²) in [6.45, 7) is 9.82. The smallest absolute Gasteiger partial charge is 0.307 e. The topological polar surface area (TPSA) is 49.8 Å². The van der Waals surface area contributed by atoms with Gasteiger partial charge in [-0.1, -0.05) is 45.4 Å². The molecule has 184 valence electrons. The third kappa shape index (κ3) is 5.12. The summed E-state index contributed by atoms with van der Waals surface area (Å²) in [6, 6.07) is 13.3. The number of likely N-dealkylation sites (tertiary alicyclic amines) is 1. The van der Waals surface area contributed by atoms with Gasteiger partial charge in [0.25, 0.3) is 0 Å². The Labute approximate surface area is 204 Å². The molecule has 3 fully saturated rings. The summed E-state index contributed by atoms with van der Waals surface area (Å²) in [5.74, 6) is 1.69. The number of carboxylic acids is 1. The Kier molecular flexibility index (Phi) is 6.63. The van der Waals surface area contributed by atoms with E-state index < -0.39 is 5.97 Å². The van der Waals surface area contributed by atoms with Crippen molar-refractivity contribution in [2.75, 3.05) is 13.1 Å². The fraction of sp³-hybridized carbons (Fsp3) is 0.633. The van der Waals surface area contributed by atoms with Crippen LogP contribution in [0.2, 0.25) is 0 Å². The van der Waals surface area contributed by atoms with Gasteiger partial charge in [0.15, 0.2) is 0 Å². The summed E-state index contributed by atoms with van der Waals surface area (Å²) in [6.07, 6.45) is 8.46. The maximum atomic E-state index is 11.8. The standard InChI is InChI=1S/C30H41NO3/c1-30(2,3)25-10-13-26(14-11-25)34-27-12-9-21-15-20(7-8-22(21)16-27)17-31-18-23-5-4-6-24(19-31)28(23)29(32)33/h7-9,12,15-16,23-26,28H,4-6,10-11,13-14,17-19H2,1-3H3,(H,32,33)/t23?,24?,25-,26-,28?. The number of hydrogen-bond donors (Lipinski definition) is 1. The fourth-order valence-corrected chi connectivity index (χ4v) is 7.01. The maximum Gasteiger partial charge on any atom is 0.307 e. The van der Waals surface area contributed by atoms with Crippen molar-refractivity contribution in [3.63, 3.8) is 0 Å². The van der Waals surface area contributed by atoms with Gasteiger partial charge < -0.3 is 9.84 Å². The lowest BCUT2D eigenvalue weighted by Gasteiger charge is -2.45. The van der Waals surface area contributed by atoms with Crippen LogP contribution in [-0.2, 0) is 11.3 Å². The van der Waals surface area contributed by atoms with E-state index in [1.807, 2.05) is 0 Å². The van der Waals surface area contributed by atoms with E-state index in [2.05, 4.69) is 62.1 Å². The Morgan fingerprint density at radius 2 is 1.59 bits per heavy atom. The fourth-order valence-electron chi connectivity index (χ4n) is 7.01. The Balaban J connectivity index is 1.21. The van der Waals surface area contributed by atoms with E-state index in [1.54, 1.807) is 0 Å². The molecule has 2 bridgehead atoms. The molecule has 0 aromatic heterocycles. The third-order valence-corrected chi connectivity index (χ3v) is 8.92. The van der Waals surface area contributed by atoms with Crippen LogP contribution in [0.4, 0.5) is 0 Å². The molecular formula is C30H41NO3. The van der Waals surface area contributed by atoms with Gasteiger partial charge in [0, 0.05) is 19.6 Å². The maximum absolute atomic E-state index is 11.8. The summed E-state index contributed by atoms with van der Waals surface area (Å²) in [5.41, 5.74) is 1.71. The Morgan fingerprint density at radius 3 is 2.24 bits per heavy atom. The number of ether oxygens (including phenoxy) is 1. The summed E-state index contributed by atoms with van der Waals surface area (Å²) in [5, 5.41) is 12.2. The van der Waals surface area contributed by atoms with Crippen molar-refractivity contribution in [3.8, 4) is 5.75 Å². The molecule has 0 spiro atoms. The van der Waals surface area contributed by atoms with Crippen LogP contribution in [0.15, 0.2) is 36.4 Å². The quantitative estimate of drug-likeness (QED) is 0.532. The number of nitrogens with zero attached hydrogens (tertiary/aromatic N) is 1. The van der Waals surface area contributed by atoms with E-state index in [0.717, 1.165) is 57.0 Å². The van der Waals surface area contributed by atoms with Gasteiger partial charge in [-0.15, -0.1) is 0 Å². The van der Waals surface area contributed by atoms with Gasteiger partial charge in [-0.25, -0.2) is 0 Å². The highest BCUT2D eigenvalue weighted by atomic mass is 16.5. The highest BCUT2D eigenvalue weighted by molar-refractivity contribution is 5.84. The third-order valence-electron chi connectivity index (χ3n) is 8.92. The number of fused-ring (bicyclic) bond motifs is 3. The molecule has 0 radical (unpaired) electrons. The molecule has 2 unspecified atom stereocenters. The van der Waals surface area contributed by atoms with Gasteiger partial charge in [0.05, 0.1) is 12.0 Å². The molecule has 2 aliphatic carbocycles. The Morgan fingerprint density at radius 1 is 0.941 bits per heavy atom. The Hall–Kier alpha value is -2.07. The number of benzene rings is 2. The van der Waals surface area contributed by atoms with Gasteiger partial charge in [0.2, 0.25) is 0 Å². The molecule has 5 rings (SSSR count). The number of hydrogen-bond acceptors (Lipinski definition) is 3. The minimum atomic E-state index is -0.583. The molecule has 2 saturated carbocycles. The molecule has 2 atom stereocenters. The van der Waals surface area contributed by atoms with E-state index in [4.69, 9.17) is 4.74 Å². The van der Waals surface area contributed by atoms with Gasteiger partial charge >= 0.3 is 5.97 Å². The lowest BCUT2D eigenvalue weighted by Crippen LogP contribution is -2.50. The van der Waals surface area contributed by atoms with Gasteiger partial charge in [0.1, 0.15) is 5.75 Å². The predicted molar refractivity (Wildman–Crippen MR) is 137 cm³/mol. The van der Waals surface area contributed by atoms with Crippen molar-refractivity contribution in [3.05, 3.63) is 42.0 Å². The first-order chi connectivity index (χ1) is 16.3. The molecule has 2 aromatic rings. The zero-order valence-corrected chi connectivity index (χ0v) is 21.1. The number of aliphatic carboxylic acids is 1.